The molecule has 1 aromatic rings. The molecule has 0 fully saturated rings. The predicted octanol–water partition coefficient (Wildman–Crippen LogP) is 1.70. The number of amides is 2. The van der Waals surface area contributed by atoms with Gasteiger partial charge in [-0.15, -0.1) is 0 Å². The number of benzene rings is 1. The predicted molar refractivity (Wildman–Crippen MR) is 94.6 cm³/mol. The van der Waals surface area contributed by atoms with Gasteiger partial charge < -0.3 is 19.4 Å². The Kier molecular flexibility index (Phi) is 5.36. The maximum absolute atomic E-state index is 12.7. The van der Waals surface area contributed by atoms with Gasteiger partial charge in [0.05, 0.1) is 12.1 Å². The number of nitrogens with zero attached hydrogens (tertiary/aromatic N) is 3. The Morgan fingerprint density at radius 1 is 1.33 bits per heavy atom. The van der Waals surface area contributed by atoms with Gasteiger partial charge in [0.15, 0.2) is 0 Å². The molecule has 1 aromatic carbocycles. The van der Waals surface area contributed by atoms with E-state index in [1.807, 2.05) is 51.2 Å². The van der Waals surface area contributed by atoms with Crippen molar-refractivity contribution in [2.24, 2.45) is 5.92 Å². The highest BCUT2D eigenvalue weighted by Gasteiger charge is 2.30. The summed E-state index contributed by atoms with van der Waals surface area (Å²) in [4.78, 5) is 29.6. The van der Waals surface area contributed by atoms with Crippen LogP contribution in [-0.2, 0) is 4.79 Å². The van der Waals surface area contributed by atoms with Gasteiger partial charge in [0.1, 0.15) is 11.9 Å². The van der Waals surface area contributed by atoms with E-state index in [1.165, 1.54) is 0 Å². The van der Waals surface area contributed by atoms with Gasteiger partial charge in [-0.2, -0.15) is 0 Å². The summed E-state index contributed by atoms with van der Waals surface area (Å²) < 4.78 is 6.16. The first kappa shape index (κ1) is 18.1. The van der Waals surface area contributed by atoms with Crippen molar-refractivity contribution in [2.45, 2.75) is 20.0 Å². The fourth-order valence-electron chi connectivity index (χ4n) is 2.80. The largest absolute Gasteiger partial charge is 0.487 e. The van der Waals surface area contributed by atoms with Crippen molar-refractivity contribution >= 4 is 17.5 Å². The summed E-state index contributed by atoms with van der Waals surface area (Å²) in [6, 6.07) is 5.63. The highest BCUT2D eigenvalue weighted by Crippen LogP contribution is 2.30. The summed E-state index contributed by atoms with van der Waals surface area (Å²) in [5.74, 6) is 0.646. The van der Waals surface area contributed by atoms with Crippen LogP contribution in [-0.4, -0.2) is 69.0 Å². The number of fused-ring (bicyclic) bond motifs is 1. The van der Waals surface area contributed by atoms with Crippen molar-refractivity contribution in [1.29, 1.82) is 0 Å². The number of rotatable bonds is 3. The lowest BCUT2D eigenvalue weighted by Crippen LogP contribution is -2.45. The van der Waals surface area contributed by atoms with Crippen molar-refractivity contribution < 1.29 is 14.3 Å². The zero-order valence-corrected chi connectivity index (χ0v) is 15.4. The Bertz CT molecular complexity index is 630. The van der Waals surface area contributed by atoms with Gasteiger partial charge in [0.2, 0.25) is 5.91 Å². The molecule has 6 heteroatoms. The molecule has 2 amide bonds. The van der Waals surface area contributed by atoms with E-state index in [1.54, 1.807) is 23.8 Å². The van der Waals surface area contributed by atoms with Crippen molar-refractivity contribution in [3.63, 3.8) is 0 Å². The molecule has 0 saturated heterocycles. The summed E-state index contributed by atoms with van der Waals surface area (Å²) >= 11 is 0. The third-order valence-electron chi connectivity index (χ3n) is 4.52. The molecule has 0 unspecified atom stereocenters. The van der Waals surface area contributed by atoms with Crippen LogP contribution in [0.15, 0.2) is 18.2 Å². The van der Waals surface area contributed by atoms with E-state index in [4.69, 9.17) is 4.74 Å². The standard InChI is InChI=1S/C18H27N3O3/c1-12-10-21(6)18(23)15-9-14(19(3)4)7-8-16(15)24-17(12)11-20(5)13(2)22/h7-9,12,17H,10-11H2,1-6H3/t12-,17+/m1/s1. The second-order valence-electron chi connectivity index (χ2n) is 6.79. The lowest BCUT2D eigenvalue weighted by molar-refractivity contribution is -0.129. The van der Waals surface area contributed by atoms with Gasteiger partial charge in [0.25, 0.3) is 5.91 Å². The normalized spacial score (nSPS) is 20.6. The van der Waals surface area contributed by atoms with Crippen LogP contribution in [0.4, 0.5) is 5.69 Å². The molecule has 24 heavy (non-hydrogen) atoms. The number of hydrogen-bond donors (Lipinski definition) is 0. The van der Waals surface area contributed by atoms with Crippen molar-refractivity contribution in [3.05, 3.63) is 23.8 Å². The number of ether oxygens (including phenoxy) is 1. The average molecular weight is 333 g/mol. The maximum atomic E-state index is 12.7. The summed E-state index contributed by atoms with van der Waals surface area (Å²) in [5.41, 5.74) is 1.51. The van der Waals surface area contributed by atoms with Gasteiger partial charge in [-0.3, -0.25) is 9.59 Å². The molecule has 0 radical (unpaired) electrons. The van der Waals surface area contributed by atoms with Crippen molar-refractivity contribution in [2.75, 3.05) is 46.2 Å². The summed E-state index contributed by atoms with van der Waals surface area (Å²) in [6.45, 7) is 4.66. The van der Waals surface area contributed by atoms with Crippen molar-refractivity contribution in [1.82, 2.24) is 9.80 Å². The molecule has 0 aromatic heterocycles. The summed E-state index contributed by atoms with van der Waals surface area (Å²) in [6.07, 6.45) is -0.168. The molecule has 132 valence electrons. The molecular weight excluding hydrogens is 306 g/mol. The number of anilines is 1. The topological polar surface area (TPSA) is 53.1 Å². The van der Waals surface area contributed by atoms with E-state index >= 15 is 0 Å². The molecule has 0 spiro atoms. The third-order valence-corrected chi connectivity index (χ3v) is 4.52. The Balaban J connectivity index is 2.39. The Labute approximate surface area is 144 Å². The molecule has 6 nitrogen and oxygen atoms in total. The molecule has 0 aliphatic carbocycles. The number of carbonyl (C=O) groups excluding carboxylic acids is 2. The van der Waals surface area contributed by atoms with E-state index in [9.17, 15) is 9.59 Å². The van der Waals surface area contributed by atoms with Gasteiger partial charge in [-0.25, -0.2) is 0 Å². The minimum absolute atomic E-state index is 0.000435. The molecule has 0 bridgehead atoms. The SMILES string of the molecule is CC(=O)N(C)C[C@@H]1Oc2ccc(N(C)C)cc2C(=O)N(C)C[C@H]1C. The molecule has 1 heterocycles. The van der Waals surface area contributed by atoms with E-state index in [0.29, 0.717) is 24.4 Å². The van der Waals surface area contributed by atoms with Crippen LogP contribution in [0.1, 0.15) is 24.2 Å². The second kappa shape index (κ2) is 7.11. The number of carbonyl (C=O) groups is 2. The Hall–Kier alpha value is -2.24. The zero-order valence-electron chi connectivity index (χ0n) is 15.4. The molecule has 1 aliphatic rings. The zero-order chi connectivity index (χ0) is 18.0. The van der Waals surface area contributed by atoms with E-state index in [-0.39, 0.29) is 23.8 Å². The van der Waals surface area contributed by atoms with Crippen LogP contribution in [0.5, 0.6) is 5.75 Å². The van der Waals surface area contributed by atoms with E-state index < -0.39 is 0 Å². The lowest BCUT2D eigenvalue weighted by Gasteiger charge is -2.34. The van der Waals surface area contributed by atoms with Gasteiger partial charge in [-0.05, 0) is 18.2 Å². The Morgan fingerprint density at radius 2 is 2.00 bits per heavy atom. The molecule has 1 aliphatic heterocycles. The monoisotopic (exact) mass is 333 g/mol. The summed E-state index contributed by atoms with van der Waals surface area (Å²) in [5, 5.41) is 0. The molecule has 0 saturated carbocycles. The van der Waals surface area contributed by atoms with Crippen LogP contribution in [0, 0.1) is 5.92 Å². The first-order valence-corrected chi connectivity index (χ1v) is 8.16. The van der Waals surface area contributed by atoms with Crippen LogP contribution < -0.4 is 9.64 Å². The first-order chi connectivity index (χ1) is 11.2. The molecule has 2 rings (SSSR count). The van der Waals surface area contributed by atoms with Crippen LogP contribution in [0.25, 0.3) is 0 Å². The van der Waals surface area contributed by atoms with Gasteiger partial charge in [-0.1, -0.05) is 6.92 Å². The lowest BCUT2D eigenvalue weighted by atomic mass is 10.0. The smallest absolute Gasteiger partial charge is 0.257 e. The average Bonchev–Trinajstić information content (AvgIpc) is 2.52. The highest BCUT2D eigenvalue weighted by atomic mass is 16.5. The van der Waals surface area contributed by atoms with E-state index in [2.05, 4.69) is 0 Å². The van der Waals surface area contributed by atoms with E-state index in [0.717, 1.165) is 5.69 Å². The van der Waals surface area contributed by atoms with Crippen LogP contribution in [0.3, 0.4) is 0 Å². The molecule has 2 atom stereocenters. The molecular formula is C18H27N3O3. The maximum Gasteiger partial charge on any atom is 0.257 e. The van der Waals surface area contributed by atoms with Crippen molar-refractivity contribution in [3.8, 4) is 5.75 Å². The minimum Gasteiger partial charge on any atom is -0.487 e. The Morgan fingerprint density at radius 3 is 2.58 bits per heavy atom. The number of hydrogen-bond acceptors (Lipinski definition) is 4. The third kappa shape index (κ3) is 3.80. The fourth-order valence-corrected chi connectivity index (χ4v) is 2.80. The molecule has 0 N–H and O–H groups in total. The fraction of sp³-hybridized carbons (Fsp3) is 0.556. The van der Waals surface area contributed by atoms with Gasteiger partial charge >= 0.3 is 0 Å². The van der Waals surface area contributed by atoms with Crippen LogP contribution in [0.2, 0.25) is 0 Å². The van der Waals surface area contributed by atoms with Gasteiger partial charge in [0, 0.05) is 53.3 Å². The second-order valence-corrected chi connectivity index (χ2v) is 6.79. The number of likely N-dealkylation sites (N-methyl/N-ethyl adjacent to an activating group) is 1. The summed E-state index contributed by atoms with van der Waals surface area (Å²) in [7, 11) is 7.45. The quantitative estimate of drug-likeness (QED) is 0.845. The first-order valence-electron chi connectivity index (χ1n) is 8.16. The minimum atomic E-state index is -0.168. The highest BCUT2D eigenvalue weighted by molar-refractivity contribution is 5.98. The van der Waals surface area contributed by atoms with Crippen LogP contribution >= 0.6 is 0 Å².